The summed E-state index contributed by atoms with van der Waals surface area (Å²) in [5.74, 6) is 1.15. The summed E-state index contributed by atoms with van der Waals surface area (Å²) in [4.78, 5) is 6.84. The van der Waals surface area contributed by atoms with Crippen LogP contribution in [0.5, 0.6) is 0 Å². The van der Waals surface area contributed by atoms with Crippen LogP contribution < -0.4 is 4.90 Å². The Labute approximate surface area is 128 Å². The van der Waals surface area contributed by atoms with Crippen LogP contribution in [0.1, 0.15) is 26.2 Å². The van der Waals surface area contributed by atoms with Crippen molar-refractivity contribution >= 4 is 21.7 Å². The second kappa shape index (κ2) is 5.62. The van der Waals surface area contributed by atoms with E-state index in [0.717, 1.165) is 36.1 Å². The molecule has 0 radical (unpaired) electrons. The first-order valence-corrected chi connectivity index (χ1v) is 8.05. The summed E-state index contributed by atoms with van der Waals surface area (Å²) in [6.07, 6.45) is 4.80. The molecule has 2 fully saturated rings. The van der Waals surface area contributed by atoms with E-state index in [-0.39, 0.29) is 5.92 Å². The van der Waals surface area contributed by atoms with Crippen molar-refractivity contribution < 1.29 is 9.84 Å². The topological polar surface area (TPSA) is 45.6 Å². The molecule has 110 valence electrons. The van der Waals surface area contributed by atoms with E-state index in [2.05, 4.69) is 25.8 Å². The smallest absolute Gasteiger partial charge is 0.128 e. The molecule has 4 nitrogen and oxygen atoms in total. The summed E-state index contributed by atoms with van der Waals surface area (Å²) in [5.41, 5.74) is -0.638. The predicted molar refractivity (Wildman–Crippen MR) is 81.9 cm³/mol. The molecule has 3 atom stereocenters. The normalized spacial score (nSPS) is 34.5. The molecule has 5 heteroatoms. The van der Waals surface area contributed by atoms with Gasteiger partial charge in [-0.25, -0.2) is 4.98 Å². The molecular weight excluding hydrogens is 320 g/mol. The van der Waals surface area contributed by atoms with Crippen LogP contribution >= 0.6 is 15.9 Å². The third-order valence-electron chi connectivity index (χ3n) is 4.62. The number of aliphatic hydroxyl groups is 1. The van der Waals surface area contributed by atoms with Crippen molar-refractivity contribution in [3.05, 3.63) is 22.8 Å². The molecule has 0 saturated carbocycles. The van der Waals surface area contributed by atoms with Crippen molar-refractivity contribution in [2.75, 3.05) is 24.7 Å². The number of rotatable bonds is 2. The minimum absolute atomic E-state index is 0.157. The van der Waals surface area contributed by atoms with Crippen molar-refractivity contribution in [1.82, 2.24) is 4.98 Å². The molecule has 0 bridgehead atoms. The van der Waals surface area contributed by atoms with Crippen LogP contribution in [-0.2, 0) is 4.74 Å². The van der Waals surface area contributed by atoms with Crippen molar-refractivity contribution in [3.63, 3.8) is 0 Å². The van der Waals surface area contributed by atoms with Crippen LogP contribution in [0, 0.1) is 5.92 Å². The summed E-state index contributed by atoms with van der Waals surface area (Å²) < 4.78 is 6.61. The fourth-order valence-electron chi connectivity index (χ4n) is 3.41. The van der Waals surface area contributed by atoms with Gasteiger partial charge < -0.3 is 14.7 Å². The van der Waals surface area contributed by atoms with E-state index < -0.39 is 5.60 Å². The van der Waals surface area contributed by atoms with E-state index in [4.69, 9.17) is 4.74 Å². The van der Waals surface area contributed by atoms with Gasteiger partial charge in [-0.1, -0.05) is 0 Å². The molecule has 1 N–H and O–H groups in total. The van der Waals surface area contributed by atoms with Gasteiger partial charge in [-0.3, -0.25) is 0 Å². The van der Waals surface area contributed by atoms with Crippen LogP contribution in [0.2, 0.25) is 0 Å². The Balaban J connectivity index is 1.83. The average Bonchev–Trinajstić information content (AvgIpc) is 2.88. The number of nitrogens with zero attached hydrogens (tertiary/aromatic N) is 2. The van der Waals surface area contributed by atoms with Crippen LogP contribution in [0.3, 0.4) is 0 Å². The third-order valence-corrected chi connectivity index (χ3v) is 5.09. The number of pyridine rings is 1. The molecule has 2 aliphatic heterocycles. The number of ether oxygens (including phenoxy) is 1. The van der Waals surface area contributed by atoms with E-state index in [1.165, 1.54) is 0 Å². The maximum absolute atomic E-state index is 10.7. The molecule has 20 heavy (non-hydrogen) atoms. The predicted octanol–water partition coefficient (Wildman–Crippen LogP) is 2.60. The Morgan fingerprint density at radius 1 is 1.50 bits per heavy atom. The van der Waals surface area contributed by atoms with Gasteiger partial charge in [0.2, 0.25) is 0 Å². The Bertz CT molecular complexity index is 463. The van der Waals surface area contributed by atoms with Gasteiger partial charge in [0.15, 0.2) is 0 Å². The largest absolute Gasteiger partial charge is 0.390 e. The zero-order valence-corrected chi connectivity index (χ0v) is 13.3. The van der Waals surface area contributed by atoms with Crippen molar-refractivity contribution in [2.24, 2.45) is 5.92 Å². The number of hydrogen-bond acceptors (Lipinski definition) is 4. The first kappa shape index (κ1) is 14.3. The van der Waals surface area contributed by atoms with Gasteiger partial charge in [0.05, 0.1) is 12.2 Å². The van der Waals surface area contributed by atoms with Crippen molar-refractivity contribution in [3.8, 4) is 0 Å². The Hall–Kier alpha value is -0.650. The summed E-state index contributed by atoms with van der Waals surface area (Å²) >= 11 is 3.42. The molecule has 1 aromatic heterocycles. The van der Waals surface area contributed by atoms with Crippen LogP contribution in [-0.4, -0.2) is 41.5 Å². The number of anilines is 1. The average molecular weight is 341 g/mol. The van der Waals surface area contributed by atoms with Crippen molar-refractivity contribution in [2.45, 2.75) is 37.8 Å². The summed E-state index contributed by atoms with van der Waals surface area (Å²) in [6, 6.07) is 4.38. The molecule has 3 rings (SSSR count). The first-order valence-electron chi connectivity index (χ1n) is 7.26. The lowest BCUT2D eigenvalue weighted by Crippen LogP contribution is -2.52. The monoisotopic (exact) mass is 340 g/mol. The quantitative estimate of drug-likeness (QED) is 0.898. The molecule has 2 aliphatic rings. The number of halogens is 1. The summed E-state index contributed by atoms with van der Waals surface area (Å²) in [5, 5.41) is 10.7. The Kier molecular flexibility index (Phi) is 4.02. The summed E-state index contributed by atoms with van der Waals surface area (Å²) in [7, 11) is 0. The number of aromatic nitrogens is 1. The highest BCUT2D eigenvalue weighted by molar-refractivity contribution is 9.10. The van der Waals surface area contributed by atoms with Crippen molar-refractivity contribution in [1.29, 1.82) is 0 Å². The highest BCUT2D eigenvalue weighted by Gasteiger charge is 2.44. The van der Waals surface area contributed by atoms with Gasteiger partial charge in [0.1, 0.15) is 5.82 Å². The van der Waals surface area contributed by atoms with Gasteiger partial charge >= 0.3 is 0 Å². The van der Waals surface area contributed by atoms with Gasteiger partial charge in [0, 0.05) is 35.8 Å². The van der Waals surface area contributed by atoms with E-state index >= 15 is 0 Å². The molecule has 0 aromatic carbocycles. The second-order valence-corrected chi connectivity index (χ2v) is 6.94. The lowest BCUT2D eigenvalue weighted by Gasteiger charge is -2.43. The molecule has 1 aromatic rings. The van der Waals surface area contributed by atoms with E-state index in [0.29, 0.717) is 19.3 Å². The molecule has 3 heterocycles. The zero-order valence-electron chi connectivity index (χ0n) is 11.8. The maximum Gasteiger partial charge on any atom is 0.128 e. The van der Waals surface area contributed by atoms with E-state index in [9.17, 15) is 5.11 Å². The molecule has 0 amide bonds. The second-order valence-electron chi connectivity index (χ2n) is 6.03. The van der Waals surface area contributed by atoms with Gasteiger partial charge in [-0.15, -0.1) is 0 Å². The third kappa shape index (κ3) is 2.71. The fourth-order valence-corrected chi connectivity index (χ4v) is 3.65. The SMILES string of the molecule is C[C@]1(O)CCOC[C@H]1[C@@H]1CCCN1c1ccc(Br)cn1. The van der Waals surface area contributed by atoms with Crippen LogP contribution in [0.15, 0.2) is 22.8 Å². The molecule has 0 spiro atoms. The Morgan fingerprint density at radius 3 is 3.05 bits per heavy atom. The lowest BCUT2D eigenvalue weighted by molar-refractivity contribution is -0.108. The minimum atomic E-state index is -0.638. The van der Waals surface area contributed by atoms with E-state index in [1.54, 1.807) is 0 Å². The maximum atomic E-state index is 10.7. The number of hydrogen-bond donors (Lipinski definition) is 1. The lowest BCUT2D eigenvalue weighted by atomic mass is 9.79. The van der Waals surface area contributed by atoms with Crippen LogP contribution in [0.25, 0.3) is 0 Å². The van der Waals surface area contributed by atoms with Gasteiger partial charge in [0.25, 0.3) is 0 Å². The van der Waals surface area contributed by atoms with E-state index in [1.807, 2.05) is 25.3 Å². The minimum Gasteiger partial charge on any atom is -0.390 e. The highest BCUT2D eigenvalue weighted by Crippen LogP contribution is 2.37. The molecule has 0 unspecified atom stereocenters. The van der Waals surface area contributed by atoms with Gasteiger partial charge in [-0.2, -0.15) is 0 Å². The summed E-state index contributed by atoms with van der Waals surface area (Å²) in [6.45, 7) is 4.26. The molecule has 0 aliphatic carbocycles. The highest BCUT2D eigenvalue weighted by atomic mass is 79.9. The molecular formula is C15H21BrN2O2. The zero-order chi connectivity index (χ0) is 14.2. The van der Waals surface area contributed by atoms with Crippen LogP contribution in [0.4, 0.5) is 5.82 Å². The standard InChI is InChI=1S/C15H21BrN2O2/c1-15(19)6-8-20-10-12(15)13-3-2-7-18(13)14-5-4-11(16)9-17-14/h4-5,9,12-13,19H,2-3,6-8,10H2,1H3/t12-,13-,15-/m0/s1. The van der Waals surface area contributed by atoms with Gasteiger partial charge in [-0.05, 0) is 54.2 Å². The molecule has 2 saturated heterocycles. The Morgan fingerprint density at radius 2 is 2.35 bits per heavy atom. The first-order chi connectivity index (χ1) is 9.58. The fraction of sp³-hybridized carbons (Fsp3) is 0.667.